The summed E-state index contributed by atoms with van der Waals surface area (Å²) in [7, 11) is 0. The molecule has 1 aromatic carbocycles. The van der Waals surface area contributed by atoms with Gasteiger partial charge in [0.05, 0.1) is 12.1 Å². The van der Waals surface area contributed by atoms with Crippen LogP contribution in [0.25, 0.3) is 0 Å². The van der Waals surface area contributed by atoms with Crippen LogP contribution in [0.4, 0.5) is 0 Å². The Morgan fingerprint density at radius 3 is 2.50 bits per heavy atom. The lowest BCUT2D eigenvalue weighted by molar-refractivity contribution is -0.136. The molecule has 0 amide bonds. The highest BCUT2D eigenvalue weighted by Gasteiger charge is 2.07. The summed E-state index contributed by atoms with van der Waals surface area (Å²) < 4.78 is 0. The maximum Gasteiger partial charge on any atom is 0.303 e. The van der Waals surface area contributed by atoms with Gasteiger partial charge in [0.2, 0.25) is 0 Å². The summed E-state index contributed by atoms with van der Waals surface area (Å²) in [6, 6.07) is 7.65. The summed E-state index contributed by atoms with van der Waals surface area (Å²) in [6.07, 6.45) is 0.319. The second-order valence-corrected chi connectivity index (χ2v) is 4.23. The minimum atomic E-state index is -0.870. The molecule has 0 radical (unpaired) electrons. The topological polar surface area (TPSA) is 87.7 Å². The van der Waals surface area contributed by atoms with E-state index in [1.807, 2.05) is 31.2 Å². The first kappa shape index (κ1) is 14.1. The van der Waals surface area contributed by atoms with Gasteiger partial charge in [0.1, 0.15) is 0 Å². The van der Waals surface area contributed by atoms with Crippen molar-refractivity contribution in [3.05, 3.63) is 35.4 Å². The number of carbonyl (C=O) groups is 1. The molecular formula is C12H15N3O2S. The summed E-state index contributed by atoms with van der Waals surface area (Å²) in [5, 5.41) is 12.8. The van der Waals surface area contributed by atoms with Crippen LogP contribution in [0.2, 0.25) is 0 Å². The Labute approximate surface area is 111 Å². The van der Waals surface area contributed by atoms with Gasteiger partial charge in [0.25, 0.3) is 0 Å². The number of thiocarbonyl (C=S) groups is 1. The van der Waals surface area contributed by atoms with Crippen LogP contribution in [0.1, 0.15) is 24.0 Å². The Bertz CT molecular complexity index is 469. The predicted octanol–water partition coefficient (Wildman–Crippen LogP) is 1.40. The van der Waals surface area contributed by atoms with Crippen molar-refractivity contribution in [2.45, 2.75) is 19.8 Å². The molecule has 96 valence electrons. The lowest BCUT2D eigenvalue weighted by atomic mass is 10.0. The van der Waals surface area contributed by atoms with Gasteiger partial charge in [-0.3, -0.25) is 10.2 Å². The number of nitrogens with zero attached hydrogens (tertiary/aromatic N) is 1. The quantitative estimate of drug-likeness (QED) is 0.425. The Morgan fingerprint density at radius 1 is 1.39 bits per heavy atom. The molecule has 6 heteroatoms. The second-order valence-electron chi connectivity index (χ2n) is 3.79. The number of nitrogens with two attached hydrogens (primary N) is 1. The lowest BCUT2D eigenvalue weighted by Crippen LogP contribution is -2.25. The zero-order chi connectivity index (χ0) is 13.5. The van der Waals surface area contributed by atoms with Gasteiger partial charge in [-0.2, -0.15) is 5.10 Å². The molecule has 0 aromatic heterocycles. The third-order valence-electron chi connectivity index (χ3n) is 2.26. The maximum atomic E-state index is 10.6. The molecule has 1 rings (SSSR count). The van der Waals surface area contributed by atoms with E-state index in [1.54, 1.807) is 0 Å². The monoisotopic (exact) mass is 265 g/mol. The third kappa shape index (κ3) is 4.92. The fourth-order valence-corrected chi connectivity index (χ4v) is 1.40. The molecule has 4 N–H and O–H groups in total. The minimum absolute atomic E-state index is 0.00568. The standard InChI is InChI=1S/C12H15N3O2S/c1-8-2-4-9(5-3-8)10(6-7-11(16)17)14-15-12(13)18/h2-5H,6-7H2,1H3,(H,16,17)(H3,13,15,18)/b14-10+. The Balaban J connectivity index is 2.88. The van der Waals surface area contributed by atoms with Crippen molar-refractivity contribution in [3.8, 4) is 0 Å². The number of carboxylic acid groups (broad SMARTS) is 1. The number of rotatable bonds is 5. The number of hydrazone groups is 1. The Hall–Kier alpha value is -1.95. The number of hydrogen-bond acceptors (Lipinski definition) is 3. The maximum absolute atomic E-state index is 10.6. The zero-order valence-corrected chi connectivity index (χ0v) is 10.8. The lowest BCUT2D eigenvalue weighted by Gasteiger charge is -2.06. The molecule has 0 atom stereocenters. The molecule has 1 aromatic rings. The third-order valence-corrected chi connectivity index (χ3v) is 2.35. The van der Waals surface area contributed by atoms with Gasteiger partial charge in [0, 0.05) is 6.42 Å². The zero-order valence-electron chi connectivity index (χ0n) is 10.0. The molecular weight excluding hydrogens is 250 g/mol. The number of benzene rings is 1. The predicted molar refractivity (Wildman–Crippen MR) is 74.5 cm³/mol. The smallest absolute Gasteiger partial charge is 0.303 e. The van der Waals surface area contributed by atoms with Crippen LogP contribution in [-0.2, 0) is 4.79 Å². The summed E-state index contributed by atoms with van der Waals surface area (Å²) in [6.45, 7) is 1.98. The fraction of sp³-hybridized carbons (Fsp3) is 0.250. The van der Waals surface area contributed by atoms with Crippen molar-refractivity contribution in [3.63, 3.8) is 0 Å². The molecule has 0 heterocycles. The highest BCUT2D eigenvalue weighted by molar-refractivity contribution is 7.80. The van der Waals surface area contributed by atoms with E-state index in [1.165, 1.54) is 0 Å². The van der Waals surface area contributed by atoms with Crippen molar-refractivity contribution < 1.29 is 9.90 Å². The van der Waals surface area contributed by atoms with Gasteiger partial charge in [-0.1, -0.05) is 29.8 Å². The number of carboxylic acids is 1. The van der Waals surface area contributed by atoms with Crippen molar-refractivity contribution in [1.29, 1.82) is 0 Å². The molecule has 18 heavy (non-hydrogen) atoms. The molecule has 5 nitrogen and oxygen atoms in total. The number of aliphatic carboxylic acids is 1. The van der Waals surface area contributed by atoms with E-state index in [9.17, 15) is 4.79 Å². The summed E-state index contributed by atoms with van der Waals surface area (Å²) in [4.78, 5) is 10.6. The molecule has 0 saturated heterocycles. The van der Waals surface area contributed by atoms with E-state index < -0.39 is 5.97 Å². The summed E-state index contributed by atoms with van der Waals surface area (Å²) in [5.41, 5.74) is 10.4. The van der Waals surface area contributed by atoms with Crippen molar-refractivity contribution in [2.24, 2.45) is 10.8 Å². The summed E-state index contributed by atoms with van der Waals surface area (Å²) in [5.74, 6) is -0.870. The highest BCUT2D eigenvalue weighted by Crippen LogP contribution is 2.08. The van der Waals surface area contributed by atoms with Crippen LogP contribution < -0.4 is 11.2 Å². The molecule has 0 spiro atoms. The molecule has 0 aliphatic heterocycles. The first-order valence-corrected chi connectivity index (χ1v) is 5.80. The number of aryl methyl sites for hydroxylation is 1. The highest BCUT2D eigenvalue weighted by atomic mass is 32.1. The molecule has 0 aliphatic rings. The molecule has 0 fully saturated rings. The van der Waals surface area contributed by atoms with Crippen LogP contribution in [-0.4, -0.2) is 21.9 Å². The van der Waals surface area contributed by atoms with E-state index in [-0.39, 0.29) is 11.5 Å². The van der Waals surface area contributed by atoms with E-state index in [4.69, 9.17) is 10.8 Å². The fourth-order valence-electron chi connectivity index (χ4n) is 1.36. The van der Waals surface area contributed by atoms with Gasteiger partial charge in [-0.05, 0) is 24.7 Å². The van der Waals surface area contributed by atoms with Crippen LogP contribution in [0.15, 0.2) is 29.4 Å². The second kappa shape index (κ2) is 6.70. The number of nitrogens with one attached hydrogen (secondary N) is 1. The number of hydrogen-bond donors (Lipinski definition) is 3. The normalized spacial score (nSPS) is 11.1. The van der Waals surface area contributed by atoms with Crippen molar-refractivity contribution >= 4 is 29.0 Å². The van der Waals surface area contributed by atoms with Crippen molar-refractivity contribution in [1.82, 2.24) is 5.43 Å². The first-order chi connectivity index (χ1) is 8.49. The average Bonchev–Trinajstić information content (AvgIpc) is 2.30. The van der Waals surface area contributed by atoms with E-state index in [0.29, 0.717) is 12.1 Å². The summed E-state index contributed by atoms with van der Waals surface area (Å²) >= 11 is 4.66. The van der Waals surface area contributed by atoms with Crippen LogP contribution in [0.5, 0.6) is 0 Å². The van der Waals surface area contributed by atoms with E-state index >= 15 is 0 Å². The SMILES string of the molecule is Cc1ccc(/C(CCC(=O)O)=N/NC(N)=S)cc1. The van der Waals surface area contributed by atoms with Gasteiger partial charge >= 0.3 is 5.97 Å². The largest absolute Gasteiger partial charge is 0.481 e. The molecule has 0 saturated carbocycles. The van der Waals surface area contributed by atoms with Crippen molar-refractivity contribution in [2.75, 3.05) is 0 Å². The van der Waals surface area contributed by atoms with Gasteiger partial charge < -0.3 is 10.8 Å². The van der Waals surface area contributed by atoms with Crippen LogP contribution in [0.3, 0.4) is 0 Å². The minimum Gasteiger partial charge on any atom is -0.481 e. The molecule has 0 aliphatic carbocycles. The van der Waals surface area contributed by atoms with Crippen LogP contribution in [0, 0.1) is 6.92 Å². The van der Waals surface area contributed by atoms with Gasteiger partial charge in [0.15, 0.2) is 5.11 Å². The van der Waals surface area contributed by atoms with Gasteiger partial charge in [-0.15, -0.1) is 0 Å². The van der Waals surface area contributed by atoms with E-state index in [2.05, 4.69) is 22.7 Å². The molecule has 0 unspecified atom stereocenters. The van der Waals surface area contributed by atoms with Crippen LogP contribution >= 0.6 is 12.2 Å². The Morgan fingerprint density at radius 2 is 2.00 bits per heavy atom. The average molecular weight is 265 g/mol. The van der Waals surface area contributed by atoms with Gasteiger partial charge in [-0.25, -0.2) is 0 Å². The van der Waals surface area contributed by atoms with E-state index in [0.717, 1.165) is 11.1 Å². The Kier molecular flexibility index (Phi) is 5.26. The first-order valence-electron chi connectivity index (χ1n) is 5.40. The molecule has 0 bridgehead atoms.